The van der Waals surface area contributed by atoms with Gasteiger partial charge in [0.25, 0.3) is 0 Å². The van der Waals surface area contributed by atoms with Crippen molar-refractivity contribution in [3.63, 3.8) is 0 Å². The number of aliphatic hydroxyl groups excluding tert-OH is 1. The van der Waals surface area contributed by atoms with Crippen LogP contribution >= 0.6 is 0 Å². The van der Waals surface area contributed by atoms with E-state index in [4.69, 9.17) is 9.84 Å². The van der Waals surface area contributed by atoms with E-state index in [2.05, 4.69) is 5.32 Å². The Hall–Kier alpha value is -0.170. The Kier molecular flexibility index (Phi) is 8.98. The topological polar surface area (TPSA) is 75.6 Å². The molecule has 0 unspecified atom stereocenters. The van der Waals surface area contributed by atoms with Crippen LogP contribution in [0.25, 0.3) is 0 Å². The number of hydrogen-bond donors (Lipinski definition) is 2. The van der Waals surface area contributed by atoms with Crippen molar-refractivity contribution in [3.8, 4) is 0 Å². The van der Waals surface area contributed by atoms with Gasteiger partial charge in [-0.3, -0.25) is 0 Å². The SMILES string of the molecule is CCS(=O)(=O)CCCNCCOCCO. The third-order valence-electron chi connectivity index (χ3n) is 1.91. The predicted molar refractivity (Wildman–Crippen MR) is 59.7 cm³/mol. The first-order valence-electron chi connectivity index (χ1n) is 5.22. The van der Waals surface area contributed by atoms with Gasteiger partial charge in [0.2, 0.25) is 0 Å². The van der Waals surface area contributed by atoms with Crippen LogP contribution in [-0.4, -0.2) is 57.9 Å². The van der Waals surface area contributed by atoms with Crippen molar-refractivity contribution in [1.29, 1.82) is 0 Å². The normalized spacial score (nSPS) is 11.9. The molecular formula is C9H21NO4S. The Morgan fingerprint density at radius 2 is 2.00 bits per heavy atom. The molecule has 0 fully saturated rings. The molecule has 0 aliphatic rings. The van der Waals surface area contributed by atoms with E-state index in [1.54, 1.807) is 6.92 Å². The molecule has 0 rings (SSSR count). The molecule has 0 aliphatic carbocycles. The zero-order valence-corrected chi connectivity index (χ0v) is 10.1. The van der Waals surface area contributed by atoms with Crippen molar-refractivity contribution in [3.05, 3.63) is 0 Å². The van der Waals surface area contributed by atoms with Crippen molar-refractivity contribution in [2.24, 2.45) is 0 Å². The first-order valence-corrected chi connectivity index (χ1v) is 7.04. The second kappa shape index (κ2) is 9.08. The molecule has 0 bridgehead atoms. The van der Waals surface area contributed by atoms with Crippen molar-refractivity contribution < 1.29 is 18.3 Å². The lowest BCUT2D eigenvalue weighted by molar-refractivity contribution is 0.0940. The van der Waals surface area contributed by atoms with Gasteiger partial charge < -0.3 is 15.2 Å². The van der Waals surface area contributed by atoms with Gasteiger partial charge in [-0.05, 0) is 13.0 Å². The summed E-state index contributed by atoms with van der Waals surface area (Å²) in [5.41, 5.74) is 0. The summed E-state index contributed by atoms with van der Waals surface area (Å²) in [4.78, 5) is 0. The van der Waals surface area contributed by atoms with E-state index < -0.39 is 9.84 Å². The number of rotatable bonds is 10. The molecule has 92 valence electrons. The highest BCUT2D eigenvalue weighted by molar-refractivity contribution is 7.91. The van der Waals surface area contributed by atoms with E-state index in [-0.39, 0.29) is 18.1 Å². The molecule has 15 heavy (non-hydrogen) atoms. The molecule has 0 spiro atoms. The molecular weight excluding hydrogens is 218 g/mol. The first kappa shape index (κ1) is 14.8. The maximum atomic E-state index is 11.1. The Labute approximate surface area is 91.7 Å². The molecule has 5 nitrogen and oxygen atoms in total. The van der Waals surface area contributed by atoms with Crippen LogP contribution in [0.5, 0.6) is 0 Å². The van der Waals surface area contributed by atoms with E-state index in [9.17, 15) is 8.42 Å². The molecule has 0 saturated carbocycles. The second-order valence-electron chi connectivity index (χ2n) is 3.18. The van der Waals surface area contributed by atoms with Gasteiger partial charge in [0.1, 0.15) is 9.84 Å². The van der Waals surface area contributed by atoms with Crippen LogP contribution in [-0.2, 0) is 14.6 Å². The van der Waals surface area contributed by atoms with Gasteiger partial charge in [-0.25, -0.2) is 8.42 Å². The number of sulfone groups is 1. The lowest BCUT2D eigenvalue weighted by atomic mass is 10.5. The molecule has 0 saturated heterocycles. The van der Waals surface area contributed by atoms with Crippen LogP contribution in [0.3, 0.4) is 0 Å². The summed E-state index contributed by atoms with van der Waals surface area (Å²) in [7, 11) is -2.83. The summed E-state index contributed by atoms with van der Waals surface area (Å²) >= 11 is 0. The summed E-state index contributed by atoms with van der Waals surface area (Å²) in [6.45, 7) is 3.96. The van der Waals surface area contributed by atoms with Crippen molar-refractivity contribution >= 4 is 9.84 Å². The summed E-state index contributed by atoms with van der Waals surface area (Å²) in [5, 5.41) is 11.5. The largest absolute Gasteiger partial charge is 0.394 e. The van der Waals surface area contributed by atoms with Gasteiger partial charge in [0.05, 0.1) is 25.6 Å². The zero-order valence-electron chi connectivity index (χ0n) is 9.24. The Morgan fingerprint density at radius 1 is 1.27 bits per heavy atom. The lowest BCUT2D eigenvalue weighted by Gasteiger charge is -2.05. The van der Waals surface area contributed by atoms with Gasteiger partial charge in [0.15, 0.2) is 0 Å². The van der Waals surface area contributed by atoms with E-state index >= 15 is 0 Å². The monoisotopic (exact) mass is 239 g/mol. The van der Waals surface area contributed by atoms with Crippen molar-refractivity contribution in [2.75, 3.05) is 44.4 Å². The fourth-order valence-electron chi connectivity index (χ4n) is 0.997. The highest BCUT2D eigenvalue weighted by Gasteiger charge is 2.05. The molecule has 0 radical (unpaired) electrons. The highest BCUT2D eigenvalue weighted by atomic mass is 32.2. The number of aliphatic hydroxyl groups is 1. The molecule has 0 aliphatic heterocycles. The van der Waals surface area contributed by atoms with E-state index in [1.165, 1.54) is 0 Å². The fourth-order valence-corrected chi connectivity index (χ4v) is 1.87. The maximum absolute atomic E-state index is 11.1. The van der Waals surface area contributed by atoms with E-state index in [1.807, 2.05) is 0 Å². The summed E-state index contributed by atoms with van der Waals surface area (Å²) in [6.07, 6.45) is 0.635. The third kappa shape index (κ3) is 10.1. The van der Waals surface area contributed by atoms with Gasteiger partial charge in [-0.2, -0.15) is 0 Å². The second-order valence-corrected chi connectivity index (χ2v) is 5.65. The highest BCUT2D eigenvalue weighted by Crippen LogP contribution is 1.91. The summed E-state index contributed by atoms with van der Waals surface area (Å²) in [5.74, 6) is 0.459. The smallest absolute Gasteiger partial charge is 0.150 e. The first-order chi connectivity index (χ1) is 7.12. The number of nitrogens with one attached hydrogen (secondary N) is 1. The van der Waals surface area contributed by atoms with Crippen LogP contribution in [0, 0.1) is 0 Å². The van der Waals surface area contributed by atoms with Gasteiger partial charge in [-0.15, -0.1) is 0 Å². The average molecular weight is 239 g/mol. The molecule has 0 amide bonds. The van der Waals surface area contributed by atoms with Gasteiger partial charge >= 0.3 is 0 Å². The molecule has 0 atom stereocenters. The molecule has 0 aromatic rings. The summed E-state index contributed by atoms with van der Waals surface area (Å²) in [6, 6.07) is 0. The van der Waals surface area contributed by atoms with E-state index in [0.717, 1.165) is 0 Å². The zero-order chi connectivity index (χ0) is 11.6. The average Bonchev–Trinajstić information content (AvgIpc) is 2.22. The molecule has 6 heteroatoms. The van der Waals surface area contributed by atoms with Crippen LogP contribution in [0.4, 0.5) is 0 Å². The predicted octanol–water partition coefficient (Wildman–Crippen LogP) is -0.590. The minimum Gasteiger partial charge on any atom is -0.394 e. The quantitative estimate of drug-likeness (QED) is 0.498. The molecule has 2 N–H and O–H groups in total. The molecule has 0 aromatic carbocycles. The van der Waals surface area contributed by atoms with Gasteiger partial charge in [-0.1, -0.05) is 6.92 Å². The van der Waals surface area contributed by atoms with E-state index in [0.29, 0.717) is 32.7 Å². The number of hydrogen-bond acceptors (Lipinski definition) is 5. The van der Waals surface area contributed by atoms with Crippen LogP contribution in [0.1, 0.15) is 13.3 Å². The van der Waals surface area contributed by atoms with Gasteiger partial charge in [0, 0.05) is 12.3 Å². The minimum atomic E-state index is -2.83. The van der Waals surface area contributed by atoms with Crippen molar-refractivity contribution in [1.82, 2.24) is 5.32 Å². The number of ether oxygens (including phenoxy) is 1. The van der Waals surface area contributed by atoms with Crippen molar-refractivity contribution in [2.45, 2.75) is 13.3 Å². The lowest BCUT2D eigenvalue weighted by Crippen LogP contribution is -2.23. The fraction of sp³-hybridized carbons (Fsp3) is 1.00. The van der Waals surface area contributed by atoms with Crippen LogP contribution in [0.2, 0.25) is 0 Å². The minimum absolute atomic E-state index is 0.0365. The molecule has 0 heterocycles. The maximum Gasteiger partial charge on any atom is 0.150 e. The standard InChI is InChI=1S/C9H21NO4S/c1-2-15(12,13)9-3-4-10-5-7-14-8-6-11/h10-11H,2-9H2,1H3. The Morgan fingerprint density at radius 3 is 2.60 bits per heavy atom. The third-order valence-corrected chi connectivity index (χ3v) is 3.70. The van der Waals surface area contributed by atoms with Crippen LogP contribution < -0.4 is 5.32 Å². The van der Waals surface area contributed by atoms with Crippen LogP contribution in [0.15, 0.2) is 0 Å². The Balaban J connectivity index is 3.19. The summed E-state index contributed by atoms with van der Waals surface area (Å²) < 4.78 is 27.2. The Bertz CT molecular complexity index is 228. The molecule has 0 aromatic heterocycles.